The first kappa shape index (κ1) is 14.1. The molecule has 1 aliphatic rings. The van der Waals surface area contributed by atoms with E-state index in [-0.39, 0.29) is 17.8 Å². The second kappa shape index (κ2) is 6.30. The standard InChI is InChI=1S/C15H18N4OS/c1-2-5-13-17-14(19-18-13)15(20)16-11-8-9-21-12-7-4-3-6-10(11)12/h3-4,6-7,11H,2,5,8-9H2,1H3,(H,16,20)(H,17,18,19). The van der Waals surface area contributed by atoms with Crippen LogP contribution in [0.15, 0.2) is 29.2 Å². The van der Waals surface area contributed by atoms with Gasteiger partial charge in [0.15, 0.2) is 0 Å². The third kappa shape index (κ3) is 3.10. The number of rotatable bonds is 4. The molecule has 1 amide bonds. The molecule has 0 saturated heterocycles. The summed E-state index contributed by atoms with van der Waals surface area (Å²) in [5, 5.41) is 9.87. The van der Waals surface area contributed by atoms with Gasteiger partial charge in [0.05, 0.1) is 6.04 Å². The fourth-order valence-electron chi connectivity index (χ4n) is 2.46. The van der Waals surface area contributed by atoms with Crippen molar-refractivity contribution in [2.24, 2.45) is 0 Å². The van der Waals surface area contributed by atoms with Crippen LogP contribution in [-0.2, 0) is 6.42 Å². The first-order valence-corrected chi connectivity index (χ1v) is 8.20. The number of benzene rings is 1. The molecular weight excluding hydrogens is 284 g/mol. The third-order valence-corrected chi connectivity index (χ3v) is 4.61. The van der Waals surface area contributed by atoms with E-state index in [4.69, 9.17) is 0 Å². The van der Waals surface area contributed by atoms with E-state index in [1.54, 1.807) is 0 Å². The minimum atomic E-state index is -0.208. The van der Waals surface area contributed by atoms with Crippen LogP contribution in [-0.4, -0.2) is 26.8 Å². The molecule has 6 heteroatoms. The summed E-state index contributed by atoms with van der Waals surface area (Å²) in [5.74, 6) is 1.80. The number of aryl methyl sites for hydroxylation is 1. The van der Waals surface area contributed by atoms with Crippen LogP contribution in [0.5, 0.6) is 0 Å². The monoisotopic (exact) mass is 302 g/mol. The molecule has 0 spiro atoms. The second-order valence-corrected chi connectivity index (χ2v) is 6.19. The third-order valence-electron chi connectivity index (χ3n) is 3.49. The lowest BCUT2D eigenvalue weighted by atomic mass is 10.0. The zero-order valence-electron chi connectivity index (χ0n) is 11.9. The van der Waals surface area contributed by atoms with Gasteiger partial charge in [-0.1, -0.05) is 25.1 Å². The van der Waals surface area contributed by atoms with Gasteiger partial charge >= 0.3 is 0 Å². The summed E-state index contributed by atoms with van der Waals surface area (Å²) in [4.78, 5) is 17.8. The average Bonchev–Trinajstić information content (AvgIpc) is 2.97. The molecule has 1 unspecified atom stereocenters. The number of nitrogens with one attached hydrogen (secondary N) is 2. The lowest BCUT2D eigenvalue weighted by molar-refractivity contribution is 0.0924. The summed E-state index contributed by atoms with van der Waals surface area (Å²) in [6.45, 7) is 2.07. The Balaban J connectivity index is 1.73. The molecule has 1 aromatic carbocycles. The quantitative estimate of drug-likeness (QED) is 0.911. The number of hydrogen-bond acceptors (Lipinski definition) is 4. The molecule has 2 N–H and O–H groups in total. The predicted octanol–water partition coefficient (Wildman–Crippen LogP) is 2.72. The smallest absolute Gasteiger partial charge is 0.291 e. The van der Waals surface area contributed by atoms with E-state index in [1.165, 1.54) is 10.5 Å². The van der Waals surface area contributed by atoms with Gasteiger partial charge in [-0.3, -0.25) is 9.89 Å². The Morgan fingerprint density at radius 1 is 1.48 bits per heavy atom. The molecule has 0 bridgehead atoms. The van der Waals surface area contributed by atoms with Gasteiger partial charge in [0.2, 0.25) is 5.82 Å². The Morgan fingerprint density at radius 3 is 3.19 bits per heavy atom. The molecule has 0 fully saturated rings. The van der Waals surface area contributed by atoms with Crippen molar-refractivity contribution in [3.8, 4) is 0 Å². The topological polar surface area (TPSA) is 70.7 Å². The average molecular weight is 302 g/mol. The van der Waals surface area contributed by atoms with Crippen LogP contribution in [0.1, 0.15) is 47.8 Å². The fourth-order valence-corrected chi connectivity index (χ4v) is 3.59. The van der Waals surface area contributed by atoms with Crippen LogP contribution < -0.4 is 5.32 Å². The molecule has 2 aromatic rings. The molecule has 1 atom stereocenters. The minimum absolute atomic E-state index is 0.0445. The highest BCUT2D eigenvalue weighted by molar-refractivity contribution is 7.99. The first-order chi connectivity index (χ1) is 10.3. The van der Waals surface area contributed by atoms with Gasteiger partial charge in [-0.25, -0.2) is 4.98 Å². The number of carbonyl (C=O) groups excluding carboxylic acids is 1. The number of H-pyrrole nitrogens is 1. The molecule has 21 heavy (non-hydrogen) atoms. The predicted molar refractivity (Wildman–Crippen MR) is 82.4 cm³/mol. The van der Waals surface area contributed by atoms with E-state index in [9.17, 15) is 4.79 Å². The van der Waals surface area contributed by atoms with Crippen LogP contribution in [0.2, 0.25) is 0 Å². The molecule has 1 aromatic heterocycles. The molecule has 0 radical (unpaired) electrons. The molecule has 2 heterocycles. The van der Waals surface area contributed by atoms with E-state index in [2.05, 4.69) is 39.6 Å². The summed E-state index contributed by atoms with van der Waals surface area (Å²) in [5.41, 5.74) is 1.19. The van der Waals surface area contributed by atoms with Crippen LogP contribution in [0, 0.1) is 0 Å². The number of nitrogens with zero attached hydrogens (tertiary/aromatic N) is 2. The number of fused-ring (bicyclic) bond motifs is 1. The largest absolute Gasteiger partial charge is 0.342 e. The molecule has 0 saturated carbocycles. The maximum absolute atomic E-state index is 12.3. The van der Waals surface area contributed by atoms with E-state index < -0.39 is 0 Å². The van der Waals surface area contributed by atoms with Crippen molar-refractivity contribution < 1.29 is 4.79 Å². The zero-order valence-corrected chi connectivity index (χ0v) is 12.7. The van der Waals surface area contributed by atoms with Crippen molar-refractivity contribution in [1.29, 1.82) is 0 Å². The Labute approximate surface area is 127 Å². The lowest BCUT2D eigenvalue weighted by Crippen LogP contribution is -2.31. The van der Waals surface area contributed by atoms with E-state index >= 15 is 0 Å². The van der Waals surface area contributed by atoms with Crippen molar-refractivity contribution in [3.63, 3.8) is 0 Å². The lowest BCUT2D eigenvalue weighted by Gasteiger charge is -2.25. The molecule has 1 aliphatic heterocycles. The van der Waals surface area contributed by atoms with Gasteiger partial charge in [-0.05, 0) is 24.5 Å². The number of aromatic nitrogens is 3. The van der Waals surface area contributed by atoms with Crippen molar-refractivity contribution in [3.05, 3.63) is 41.5 Å². The summed E-state index contributed by atoms with van der Waals surface area (Å²) < 4.78 is 0. The molecule has 110 valence electrons. The van der Waals surface area contributed by atoms with Gasteiger partial charge in [0, 0.05) is 17.1 Å². The normalized spacial score (nSPS) is 17.3. The molecule has 5 nitrogen and oxygen atoms in total. The Kier molecular flexibility index (Phi) is 4.24. The van der Waals surface area contributed by atoms with Gasteiger partial charge in [0.25, 0.3) is 5.91 Å². The van der Waals surface area contributed by atoms with Crippen molar-refractivity contribution in [2.45, 2.75) is 37.1 Å². The van der Waals surface area contributed by atoms with Gasteiger partial charge < -0.3 is 5.32 Å². The number of amides is 1. The van der Waals surface area contributed by atoms with Gasteiger partial charge in [0.1, 0.15) is 5.82 Å². The van der Waals surface area contributed by atoms with E-state index in [1.807, 2.05) is 23.9 Å². The van der Waals surface area contributed by atoms with Crippen LogP contribution in [0.3, 0.4) is 0 Å². The maximum Gasteiger partial charge on any atom is 0.291 e. The van der Waals surface area contributed by atoms with Crippen LogP contribution in [0.4, 0.5) is 0 Å². The summed E-state index contributed by atoms with van der Waals surface area (Å²) >= 11 is 1.84. The number of hydrogen-bond donors (Lipinski definition) is 2. The number of aromatic amines is 1. The van der Waals surface area contributed by atoms with E-state index in [0.29, 0.717) is 0 Å². The zero-order chi connectivity index (χ0) is 14.7. The second-order valence-electron chi connectivity index (χ2n) is 5.06. The van der Waals surface area contributed by atoms with Gasteiger partial charge in [-0.15, -0.1) is 16.9 Å². The van der Waals surface area contributed by atoms with Crippen molar-refractivity contribution in [1.82, 2.24) is 20.5 Å². The maximum atomic E-state index is 12.3. The summed E-state index contributed by atoms with van der Waals surface area (Å²) in [6, 6.07) is 8.26. The summed E-state index contributed by atoms with van der Waals surface area (Å²) in [6.07, 6.45) is 2.71. The highest BCUT2D eigenvalue weighted by atomic mass is 32.2. The van der Waals surface area contributed by atoms with Crippen LogP contribution in [0.25, 0.3) is 0 Å². The number of carbonyl (C=O) groups is 1. The van der Waals surface area contributed by atoms with E-state index in [0.717, 1.165) is 30.8 Å². The molecular formula is C15H18N4OS. The Hall–Kier alpha value is -1.82. The Morgan fingerprint density at radius 2 is 2.33 bits per heavy atom. The first-order valence-electron chi connectivity index (χ1n) is 7.21. The van der Waals surface area contributed by atoms with Crippen LogP contribution >= 0.6 is 11.8 Å². The Bertz CT molecular complexity index is 640. The van der Waals surface area contributed by atoms with Gasteiger partial charge in [-0.2, -0.15) is 0 Å². The van der Waals surface area contributed by atoms with Crippen molar-refractivity contribution in [2.75, 3.05) is 5.75 Å². The number of thioether (sulfide) groups is 1. The minimum Gasteiger partial charge on any atom is -0.342 e. The molecule has 0 aliphatic carbocycles. The highest BCUT2D eigenvalue weighted by Gasteiger charge is 2.23. The molecule has 3 rings (SSSR count). The fraction of sp³-hybridized carbons (Fsp3) is 0.400. The highest BCUT2D eigenvalue weighted by Crippen LogP contribution is 2.35. The summed E-state index contributed by atoms with van der Waals surface area (Å²) in [7, 11) is 0. The SMILES string of the molecule is CCCc1nc(C(=O)NC2CCSc3ccccc32)n[nH]1. The van der Waals surface area contributed by atoms with Crippen molar-refractivity contribution >= 4 is 17.7 Å².